The van der Waals surface area contributed by atoms with Crippen molar-refractivity contribution in [2.45, 2.75) is 56.5 Å². The van der Waals surface area contributed by atoms with Crippen molar-refractivity contribution in [1.29, 1.82) is 0 Å². The van der Waals surface area contributed by atoms with E-state index in [1.54, 1.807) is 0 Å². The van der Waals surface area contributed by atoms with Crippen molar-refractivity contribution in [2.24, 2.45) is 11.8 Å². The fourth-order valence-electron chi connectivity index (χ4n) is 3.56. The van der Waals surface area contributed by atoms with Crippen molar-refractivity contribution in [2.75, 3.05) is 26.4 Å². The van der Waals surface area contributed by atoms with Gasteiger partial charge in [-0.15, -0.1) is 0 Å². The quantitative estimate of drug-likeness (QED) is 0.823. The molecule has 0 aromatic carbocycles. The summed E-state index contributed by atoms with van der Waals surface area (Å²) >= 11 is 0. The molecule has 0 amide bonds. The fourth-order valence-corrected chi connectivity index (χ4v) is 3.56. The van der Waals surface area contributed by atoms with E-state index >= 15 is 0 Å². The van der Waals surface area contributed by atoms with E-state index in [-0.39, 0.29) is 11.9 Å². The van der Waals surface area contributed by atoms with E-state index in [2.05, 4.69) is 5.32 Å². The third-order valence-corrected chi connectivity index (χ3v) is 5.01. The molecular formula is C15H25NO3. The summed E-state index contributed by atoms with van der Waals surface area (Å²) in [5, 5.41) is 3.77. The van der Waals surface area contributed by atoms with Crippen LogP contribution in [0.15, 0.2) is 0 Å². The lowest BCUT2D eigenvalue weighted by Crippen LogP contribution is -2.41. The summed E-state index contributed by atoms with van der Waals surface area (Å²) in [6.07, 6.45) is 7.72. The molecule has 0 bridgehead atoms. The van der Waals surface area contributed by atoms with Gasteiger partial charge in [-0.2, -0.15) is 0 Å². The van der Waals surface area contributed by atoms with E-state index in [9.17, 15) is 0 Å². The lowest BCUT2D eigenvalue weighted by Gasteiger charge is -2.31. The Morgan fingerprint density at radius 2 is 1.74 bits per heavy atom. The summed E-state index contributed by atoms with van der Waals surface area (Å²) in [5.41, 5.74) is 0. The maximum Gasteiger partial charge on any atom is 0.173 e. The van der Waals surface area contributed by atoms with E-state index < -0.39 is 0 Å². The number of nitrogens with one attached hydrogen (secondary N) is 1. The maximum absolute atomic E-state index is 6.18. The minimum atomic E-state index is -0.320. The van der Waals surface area contributed by atoms with E-state index in [0.717, 1.165) is 57.1 Å². The Balaban J connectivity index is 1.27. The first kappa shape index (κ1) is 12.6. The van der Waals surface area contributed by atoms with E-state index in [1.807, 2.05) is 0 Å². The molecule has 2 saturated heterocycles. The summed E-state index contributed by atoms with van der Waals surface area (Å²) in [6, 6.07) is 0.759. The molecule has 2 aliphatic carbocycles. The lowest BCUT2D eigenvalue weighted by atomic mass is 10.1. The van der Waals surface area contributed by atoms with Crippen molar-refractivity contribution in [3.8, 4) is 0 Å². The van der Waals surface area contributed by atoms with Crippen LogP contribution in [0.1, 0.15) is 38.5 Å². The zero-order chi connectivity index (χ0) is 12.7. The second-order valence-corrected chi connectivity index (χ2v) is 6.68. The molecule has 1 spiro atoms. The van der Waals surface area contributed by atoms with Gasteiger partial charge in [0.1, 0.15) is 0 Å². The minimum absolute atomic E-state index is 0.234. The zero-order valence-corrected chi connectivity index (χ0v) is 11.6. The van der Waals surface area contributed by atoms with Gasteiger partial charge < -0.3 is 19.5 Å². The van der Waals surface area contributed by atoms with Gasteiger partial charge in [0.15, 0.2) is 5.79 Å². The molecule has 0 radical (unpaired) electrons. The van der Waals surface area contributed by atoms with Crippen molar-refractivity contribution in [1.82, 2.24) is 5.32 Å². The molecule has 2 saturated carbocycles. The highest BCUT2D eigenvalue weighted by Gasteiger charge is 2.44. The van der Waals surface area contributed by atoms with Crippen LogP contribution in [-0.4, -0.2) is 44.3 Å². The first-order valence-corrected chi connectivity index (χ1v) is 7.98. The second-order valence-electron chi connectivity index (χ2n) is 6.68. The largest absolute Gasteiger partial charge is 0.381 e. The molecule has 108 valence electrons. The molecule has 4 aliphatic rings. The lowest BCUT2D eigenvalue weighted by molar-refractivity contribution is -0.210. The predicted octanol–water partition coefficient (Wildman–Crippen LogP) is 1.69. The SMILES string of the molecule is C1CC2(CCO1)OC[C@@H](CNC(C1CC1)C1CC1)O2. The molecule has 4 rings (SSSR count). The standard InChI is InChI=1S/C15H25NO3/c1-2-11(1)14(12-3-4-12)16-9-13-10-18-15(19-13)5-7-17-8-6-15/h11-14,16H,1-10H2/t13-/m1/s1. The summed E-state index contributed by atoms with van der Waals surface area (Å²) in [7, 11) is 0. The van der Waals surface area contributed by atoms with E-state index in [0.29, 0.717) is 0 Å². The van der Waals surface area contributed by atoms with Crippen molar-refractivity contribution >= 4 is 0 Å². The number of ether oxygens (including phenoxy) is 3. The van der Waals surface area contributed by atoms with Crippen LogP contribution in [0, 0.1) is 11.8 Å². The molecule has 4 nitrogen and oxygen atoms in total. The van der Waals surface area contributed by atoms with Gasteiger partial charge in [-0.05, 0) is 37.5 Å². The molecule has 4 heteroatoms. The fraction of sp³-hybridized carbons (Fsp3) is 1.00. The summed E-state index contributed by atoms with van der Waals surface area (Å²) < 4.78 is 17.5. The molecule has 4 fully saturated rings. The van der Waals surface area contributed by atoms with Crippen LogP contribution in [0.5, 0.6) is 0 Å². The number of hydrogen-bond donors (Lipinski definition) is 1. The Hall–Kier alpha value is -0.160. The van der Waals surface area contributed by atoms with Gasteiger partial charge >= 0.3 is 0 Å². The molecule has 0 aromatic rings. The topological polar surface area (TPSA) is 39.7 Å². The summed E-state index contributed by atoms with van der Waals surface area (Å²) in [4.78, 5) is 0. The van der Waals surface area contributed by atoms with Crippen molar-refractivity contribution in [3.05, 3.63) is 0 Å². The molecular weight excluding hydrogens is 242 g/mol. The molecule has 1 atom stereocenters. The average Bonchev–Trinajstić information content (AvgIpc) is 3.33. The van der Waals surface area contributed by atoms with Crippen molar-refractivity contribution in [3.63, 3.8) is 0 Å². The molecule has 2 aliphatic heterocycles. The van der Waals surface area contributed by atoms with Gasteiger partial charge in [-0.1, -0.05) is 0 Å². The molecule has 2 heterocycles. The van der Waals surface area contributed by atoms with Gasteiger partial charge in [-0.25, -0.2) is 0 Å². The summed E-state index contributed by atoms with van der Waals surface area (Å²) in [6.45, 7) is 3.25. The average molecular weight is 267 g/mol. The third-order valence-electron chi connectivity index (χ3n) is 5.01. The monoisotopic (exact) mass is 267 g/mol. The molecule has 0 aromatic heterocycles. The maximum atomic E-state index is 6.18. The van der Waals surface area contributed by atoms with Crippen LogP contribution in [0.3, 0.4) is 0 Å². The van der Waals surface area contributed by atoms with Crippen LogP contribution in [0.25, 0.3) is 0 Å². The Kier molecular flexibility index (Phi) is 3.30. The van der Waals surface area contributed by atoms with Gasteiger partial charge in [0.25, 0.3) is 0 Å². The highest BCUT2D eigenvalue weighted by molar-refractivity contribution is 4.97. The van der Waals surface area contributed by atoms with E-state index in [1.165, 1.54) is 25.7 Å². The second kappa shape index (κ2) is 4.99. The van der Waals surface area contributed by atoms with Gasteiger partial charge in [0.2, 0.25) is 0 Å². The Morgan fingerprint density at radius 3 is 2.37 bits per heavy atom. The van der Waals surface area contributed by atoms with Crippen LogP contribution in [0.4, 0.5) is 0 Å². The Morgan fingerprint density at radius 1 is 1.05 bits per heavy atom. The highest BCUT2D eigenvalue weighted by Crippen LogP contribution is 2.44. The smallest absolute Gasteiger partial charge is 0.173 e. The normalized spacial score (nSPS) is 34.3. The molecule has 19 heavy (non-hydrogen) atoms. The first-order valence-electron chi connectivity index (χ1n) is 7.98. The number of rotatable bonds is 5. The minimum Gasteiger partial charge on any atom is -0.381 e. The van der Waals surface area contributed by atoms with E-state index in [4.69, 9.17) is 14.2 Å². The van der Waals surface area contributed by atoms with Gasteiger partial charge in [0, 0.05) is 25.4 Å². The van der Waals surface area contributed by atoms with Crippen LogP contribution < -0.4 is 5.32 Å². The zero-order valence-electron chi connectivity index (χ0n) is 11.6. The van der Waals surface area contributed by atoms with Crippen LogP contribution in [-0.2, 0) is 14.2 Å². The first-order chi connectivity index (χ1) is 9.35. The Bertz CT molecular complexity index is 309. The van der Waals surface area contributed by atoms with Crippen LogP contribution in [0.2, 0.25) is 0 Å². The summed E-state index contributed by atoms with van der Waals surface area (Å²) in [5.74, 6) is 1.58. The van der Waals surface area contributed by atoms with Gasteiger partial charge in [0.05, 0.1) is 25.9 Å². The van der Waals surface area contributed by atoms with Gasteiger partial charge in [-0.3, -0.25) is 0 Å². The molecule has 0 unspecified atom stereocenters. The third kappa shape index (κ3) is 2.82. The Labute approximate surface area is 115 Å². The highest BCUT2D eigenvalue weighted by atomic mass is 16.7. The van der Waals surface area contributed by atoms with Crippen LogP contribution >= 0.6 is 0 Å². The molecule has 1 N–H and O–H groups in total. The van der Waals surface area contributed by atoms with Crippen molar-refractivity contribution < 1.29 is 14.2 Å². The number of hydrogen-bond acceptors (Lipinski definition) is 4. The predicted molar refractivity (Wildman–Crippen MR) is 70.8 cm³/mol.